The summed E-state index contributed by atoms with van der Waals surface area (Å²) in [5.41, 5.74) is 2.64. The number of fused-ring (bicyclic) bond motifs is 1. The molecule has 0 radical (unpaired) electrons. The first kappa shape index (κ1) is 20.5. The molecule has 1 aliphatic rings. The lowest BCUT2D eigenvalue weighted by Gasteiger charge is -2.32. The van der Waals surface area contributed by atoms with Gasteiger partial charge in [-0.2, -0.15) is 0 Å². The molecule has 8 heteroatoms. The maximum absolute atomic E-state index is 13.2. The Balaban J connectivity index is 1.43. The highest BCUT2D eigenvalue weighted by Crippen LogP contribution is 2.25. The first-order valence-electron chi connectivity index (χ1n) is 10.2. The summed E-state index contributed by atoms with van der Waals surface area (Å²) in [4.78, 5) is 19.0. The summed E-state index contributed by atoms with van der Waals surface area (Å²) in [6.07, 6.45) is 5.02. The summed E-state index contributed by atoms with van der Waals surface area (Å²) < 4.78 is 28.1. The van der Waals surface area contributed by atoms with Crippen molar-refractivity contribution in [1.29, 1.82) is 0 Å². The van der Waals surface area contributed by atoms with E-state index in [0.717, 1.165) is 34.6 Å². The number of carbonyl (C=O) groups is 1. The zero-order chi connectivity index (χ0) is 21.3. The molecule has 2 aromatic heterocycles. The lowest BCUT2D eigenvalue weighted by atomic mass is 9.90. The van der Waals surface area contributed by atoms with Crippen molar-refractivity contribution in [2.75, 3.05) is 19.6 Å². The van der Waals surface area contributed by atoms with E-state index in [-0.39, 0.29) is 24.7 Å². The molecule has 0 aliphatic carbocycles. The molecular weight excluding hydrogens is 388 g/mol. The van der Waals surface area contributed by atoms with Gasteiger partial charge in [0.05, 0.1) is 18.4 Å². The molecule has 0 N–H and O–H groups in total. The van der Waals surface area contributed by atoms with Crippen LogP contribution in [-0.4, -0.2) is 56.2 Å². The van der Waals surface area contributed by atoms with Gasteiger partial charge in [0.25, 0.3) is 5.92 Å². The molecule has 6 nitrogen and oxygen atoms in total. The van der Waals surface area contributed by atoms with Crippen LogP contribution in [-0.2, 0) is 18.3 Å². The van der Waals surface area contributed by atoms with E-state index >= 15 is 0 Å². The maximum atomic E-state index is 13.2. The fraction of sp³-hybridized carbons (Fsp3) is 0.455. The van der Waals surface area contributed by atoms with Crippen molar-refractivity contribution < 1.29 is 13.6 Å². The molecule has 158 valence electrons. The highest BCUT2D eigenvalue weighted by molar-refractivity contribution is 5.88. The first-order valence-corrected chi connectivity index (χ1v) is 10.2. The van der Waals surface area contributed by atoms with Crippen molar-refractivity contribution in [2.45, 2.75) is 32.1 Å². The van der Waals surface area contributed by atoms with Crippen molar-refractivity contribution in [3.63, 3.8) is 0 Å². The number of hydrogen-bond donors (Lipinski definition) is 0. The Morgan fingerprint density at radius 1 is 1.17 bits per heavy atom. The Kier molecular flexibility index (Phi) is 5.60. The minimum absolute atomic E-state index is 0.0870. The largest absolute Gasteiger partial charge is 0.299 e. The predicted octanol–water partition coefficient (Wildman–Crippen LogP) is 3.51. The number of pyridine rings is 1. The summed E-state index contributed by atoms with van der Waals surface area (Å²) in [5, 5.41) is 9.90. The van der Waals surface area contributed by atoms with Crippen LogP contribution in [0.15, 0.2) is 36.7 Å². The summed E-state index contributed by atoms with van der Waals surface area (Å²) in [5.74, 6) is -2.65. The van der Waals surface area contributed by atoms with Gasteiger partial charge >= 0.3 is 0 Å². The van der Waals surface area contributed by atoms with Gasteiger partial charge in [-0.05, 0) is 43.5 Å². The molecule has 4 rings (SSSR count). The van der Waals surface area contributed by atoms with Gasteiger partial charge in [0, 0.05) is 49.2 Å². The van der Waals surface area contributed by atoms with Gasteiger partial charge in [-0.1, -0.05) is 17.3 Å². The van der Waals surface area contributed by atoms with Crippen molar-refractivity contribution >= 4 is 16.6 Å². The molecule has 0 unspecified atom stereocenters. The quantitative estimate of drug-likeness (QED) is 0.619. The highest BCUT2D eigenvalue weighted by atomic mass is 19.3. The molecule has 1 fully saturated rings. The number of aryl methyl sites for hydroxylation is 1. The average molecular weight is 413 g/mol. The monoisotopic (exact) mass is 413 g/mol. The zero-order valence-corrected chi connectivity index (χ0v) is 17.2. The van der Waals surface area contributed by atoms with E-state index < -0.39 is 5.92 Å². The minimum Gasteiger partial charge on any atom is -0.299 e. The van der Waals surface area contributed by atoms with Crippen LogP contribution in [0.5, 0.6) is 0 Å². The third kappa shape index (κ3) is 4.70. The molecular formula is C22H25F2N5O. The summed E-state index contributed by atoms with van der Waals surface area (Å²) >= 11 is 0. The van der Waals surface area contributed by atoms with E-state index in [2.05, 4.69) is 15.3 Å². The number of hydrogen-bond acceptors (Lipinski definition) is 5. The maximum Gasteiger partial charge on any atom is 0.257 e. The Morgan fingerprint density at radius 3 is 2.60 bits per heavy atom. The summed E-state index contributed by atoms with van der Waals surface area (Å²) in [6, 6.07) is 8.00. The molecule has 0 bridgehead atoms. The zero-order valence-electron chi connectivity index (χ0n) is 17.2. The first-order chi connectivity index (χ1) is 14.3. The highest BCUT2D eigenvalue weighted by Gasteiger charge is 2.30. The fourth-order valence-electron chi connectivity index (χ4n) is 4.12. The molecule has 3 aromatic rings. The van der Waals surface area contributed by atoms with Crippen molar-refractivity contribution in [2.24, 2.45) is 13.0 Å². The molecule has 30 heavy (non-hydrogen) atoms. The third-order valence-electron chi connectivity index (χ3n) is 5.69. The Morgan fingerprint density at radius 2 is 1.93 bits per heavy atom. The summed E-state index contributed by atoms with van der Waals surface area (Å²) in [6.45, 7) is 1.76. The molecule has 0 amide bonds. The van der Waals surface area contributed by atoms with Crippen LogP contribution in [0.3, 0.4) is 0 Å². The van der Waals surface area contributed by atoms with Crippen LogP contribution in [0.4, 0.5) is 8.78 Å². The number of benzene rings is 1. The van der Waals surface area contributed by atoms with Crippen molar-refractivity contribution in [3.8, 4) is 11.3 Å². The molecule has 0 spiro atoms. The summed E-state index contributed by atoms with van der Waals surface area (Å²) in [7, 11) is 1.84. The number of alkyl halides is 2. The van der Waals surface area contributed by atoms with E-state index in [1.807, 2.05) is 31.3 Å². The van der Waals surface area contributed by atoms with Gasteiger partial charge in [0.15, 0.2) is 0 Å². The predicted molar refractivity (Wildman–Crippen MR) is 110 cm³/mol. The lowest BCUT2D eigenvalue weighted by molar-refractivity contribution is -0.124. The Hall–Kier alpha value is -2.74. The van der Waals surface area contributed by atoms with E-state index in [0.29, 0.717) is 25.9 Å². The van der Waals surface area contributed by atoms with Gasteiger partial charge in [0.2, 0.25) is 0 Å². The molecule has 0 saturated carbocycles. The number of ketones is 1. The van der Waals surface area contributed by atoms with Gasteiger partial charge < -0.3 is 0 Å². The van der Waals surface area contributed by atoms with Crippen LogP contribution in [0.25, 0.3) is 22.0 Å². The lowest BCUT2D eigenvalue weighted by Crippen LogP contribution is -2.42. The molecule has 1 aromatic carbocycles. The topological polar surface area (TPSA) is 63.9 Å². The third-order valence-corrected chi connectivity index (χ3v) is 5.69. The van der Waals surface area contributed by atoms with Crippen LogP contribution in [0.1, 0.15) is 25.5 Å². The fourth-order valence-corrected chi connectivity index (χ4v) is 4.12. The number of nitrogens with zero attached hydrogens (tertiary/aromatic N) is 5. The molecule has 1 saturated heterocycles. The van der Waals surface area contributed by atoms with Gasteiger partial charge in [0.1, 0.15) is 5.78 Å². The van der Waals surface area contributed by atoms with E-state index in [9.17, 15) is 13.6 Å². The standard InChI is InChI=1S/C22H25F2N5O/c1-22(23,24)14-29-7-5-15(6-8-29)21(30)11-19-10-18-9-16(3-4-17(18)12-25-19)20-13-26-27-28(20)2/h3-4,9-10,12-13,15H,5-8,11,14H2,1-2H3. The second-order valence-electron chi connectivity index (χ2n) is 8.24. The number of aromatic nitrogens is 4. The van der Waals surface area contributed by atoms with Gasteiger partial charge in [-0.3, -0.25) is 14.7 Å². The number of piperidine rings is 1. The van der Waals surface area contributed by atoms with Crippen molar-refractivity contribution in [3.05, 3.63) is 42.4 Å². The van der Waals surface area contributed by atoms with Crippen LogP contribution < -0.4 is 0 Å². The van der Waals surface area contributed by atoms with E-state index in [1.165, 1.54) is 0 Å². The normalized spacial score (nSPS) is 16.3. The van der Waals surface area contributed by atoms with Crippen LogP contribution in [0, 0.1) is 5.92 Å². The second-order valence-corrected chi connectivity index (χ2v) is 8.24. The molecule has 3 heterocycles. The van der Waals surface area contributed by atoms with Crippen LogP contribution in [0.2, 0.25) is 0 Å². The van der Waals surface area contributed by atoms with Gasteiger partial charge in [-0.25, -0.2) is 13.5 Å². The molecule has 0 atom stereocenters. The van der Waals surface area contributed by atoms with E-state index in [4.69, 9.17) is 0 Å². The van der Waals surface area contributed by atoms with Crippen molar-refractivity contribution in [1.82, 2.24) is 24.9 Å². The number of rotatable bonds is 6. The van der Waals surface area contributed by atoms with E-state index in [1.54, 1.807) is 22.0 Å². The average Bonchev–Trinajstić information content (AvgIpc) is 3.12. The Bertz CT molecular complexity index is 1050. The number of likely N-dealkylation sites (tertiary alicyclic amines) is 1. The second kappa shape index (κ2) is 8.18. The number of halogens is 2. The van der Waals surface area contributed by atoms with Crippen LogP contribution >= 0.6 is 0 Å². The number of carbonyl (C=O) groups excluding carboxylic acids is 1. The molecule has 1 aliphatic heterocycles. The smallest absolute Gasteiger partial charge is 0.257 e. The minimum atomic E-state index is -2.70. The number of Topliss-reactive ketones (excluding diaryl/α,β-unsaturated/α-hetero) is 1. The van der Waals surface area contributed by atoms with Gasteiger partial charge in [-0.15, -0.1) is 5.10 Å². The Labute approximate surface area is 173 Å². The SMILES string of the molecule is Cn1nncc1-c1ccc2cnc(CC(=O)C3CCN(CC(C)(F)F)CC3)cc2c1.